The molecule has 0 atom stereocenters. The lowest BCUT2D eigenvalue weighted by Gasteiger charge is -2.24. The van der Waals surface area contributed by atoms with E-state index in [4.69, 9.17) is 0 Å². The minimum Gasteiger partial charge on any atom is -0.367 e. The molecule has 1 heterocycles. The third-order valence-electron chi connectivity index (χ3n) is 4.10. The number of hydrogen-bond acceptors (Lipinski definition) is 3. The number of amides is 1. The monoisotopic (exact) mass is 373 g/mol. The predicted octanol–water partition coefficient (Wildman–Crippen LogP) is 4.84. The first kappa shape index (κ1) is 16.0. The number of aromatic nitrogens is 1. The maximum Gasteiger partial charge on any atom is 0.259 e. The summed E-state index contributed by atoms with van der Waals surface area (Å²) in [5.41, 5.74) is 1.35. The molecule has 0 radical (unpaired) electrons. The van der Waals surface area contributed by atoms with E-state index in [0.717, 1.165) is 23.0 Å². The molecule has 1 aliphatic carbocycles. The zero-order chi connectivity index (χ0) is 16.1. The van der Waals surface area contributed by atoms with Crippen LogP contribution in [0.5, 0.6) is 0 Å². The van der Waals surface area contributed by atoms with Gasteiger partial charge in [0.05, 0.1) is 5.56 Å². The molecule has 2 N–H and O–H groups in total. The van der Waals surface area contributed by atoms with Gasteiger partial charge in [0.15, 0.2) is 0 Å². The summed E-state index contributed by atoms with van der Waals surface area (Å²) in [6.45, 7) is 0. The van der Waals surface area contributed by atoms with Crippen molar-refractivity contribution in [3.05, 3.63) is 52.6 Å². The predicted molar refractivity (Wildman–Crippen MR) is 96.8 cm³/mol. The molecule has 3 rings (SSSR count). The van der Waals surface area contributed by atoms with E-state index < -0.39 is 0 Å². The van der Waals surface area contributed by atoms with Crippen LogP contribution in [-0.2, 0) is 0 Å². The van der Waals surface area contributed by atoms with Crippen molar-refractivity contribution in [1.82, 2.24) is 4.98 Å². The molecule has 5 heteroatoms. The van der Waals surface area contributed by atoms with Crippen LogP contribution >= 0.6 is 15.9 Å². The largest absolute Gasteiger partial charge is 0.367 e. The van der Waals surface area contributed by atoms with Crippen molar-refractivity contribution in [2.24, 2.45) is 0 Å². The van der Waals surface area contributed by atoms with Crippen LogP contribution in [0.15, 0.2) is 47.1 Å². The molecule has 1 amide bonds. The summed E-state index contributed by atoms with van der Waals surface area (Å²) in [4.78, 5) is 16.9. The number of carbonyl (C=O) groups is 1. The van der Waals surface area contributed by atoms with Crippen molar-refractivity contribution in [2.45, 2.75) is 38.1 Å². The fourth-order valence-electron chi connectivity index (χ4n) is 2.88. The highest BCUT2D eigenvalue weighted by atomic mass is 79.9. The van der Waals surface area contributed by atoms with E-state index in [1.807, 2.05) is 30.3 Å². The molecule has 1 fully saturated rings. The maximum absolute atomic E-state index is 12.6. The van der Waals surface area contributed by atoms with Crippen LogP contribution in [0.4, 0.5) is 11.5 Å². The standard InChI is InChI=1S/C18H20BrN3O/c19-13-8-10-15(11-9-13)22-18(23)16-7-4-12-20-17(16)21-14-5-2-1-3-6-14/h4,7-12,14H,1-3,5-6H2,(H,20,21)(H,22,23). The van der Waals surface area contributed by atoms with Crippen molar-refractivity contribution >= 4 is 33.3 Å². The highest BCUT2D eigenvalue weighted by molar-refractivity contribution is 9.10. The lowest BCUT2D eigenvalue weighted by atomic mass is 9.95. The Bertz CT molecular complexity index is 666. The van der Waals surface area contributed by atoms with Gasteiger partial charge in [-0.15, -0.1) is 0 Å². The number of nitrogens with one attached hydrogen (secondary N) is 2. The van der Waals surface area contributed by atoms with Gasteiger partial charge in [-0.2, -0.15) is 0 Å². The second-order valence-corrected chi connectivity index (χ2v) is 6.76. The highest BCUT2D eigenvalue weighted by Crippen LogP contribution is 2.23. The molecule has 1 aromatic carbocycles. The second-order valence-electron chi connectivity index (χ2n) is 5.84. The van der Waals surface area contributed by atoms with Crippen LogP contribution in [0.25, 0.3) is 0 Å². The van der Waals surface area contributed by atoms with Gasteiger partial charge in [-0.1, -0.05) is 35.2 Å². The van der Waals surface area contributed by atoms with Crippen LogP contribution in [-0.4, -0.2) is 16.9 Å². The molecular weight excluding hydrogens is 354 g/mol. The Morgan fingerprint density at radius 3 is 2.57 bits per heavy atom. The summed E-state index contributed by atoms with van der Waals surface area (Å²) in [7, 11) is 0. The average molecular weight is 374 g/mol. The van der Waals surface area contributed by atoms with Crippen LogP contribution < -0.4 is 10.6 Å². The molecule has 0 aliphatic heterocycles. The maximum atomic E-state index is 12.6. The van der Waals surface area contributed by atoms with Crippen molar-refractivity contribution in [2.75, 3.05) is 10.6 Å². The van der Waals surface area contributed by atoms with Crippen LogP contribution in [0.2, 0.25) is 0 Å². The number of hydrogen-bond donors (Lipinski definition) is 2. The average Bonchev–Trinajstić information content (AvgIpc) is 2.58. The van der Waals surface area contributed by atoms with Gasteiger partial charge in [0.1, 0.15) is 5.82 Å². The van der Waals surface area contributed by atoms with E-state index in [-0.39, 0.29) is 5.91 Å². The molecule has 0 bridgehead atoms. The van der Waals surface area contributed by atoms with Gasteiger partial charge >= 0.3 is 0 Å². The smallest absolute Gasteiger partial charge is 0.259 e. The van der Waals surface area contributed by atoms with Gasteiger partial charge in [0.25, 0.3) is 5.91 Å². The molecular formula is C18H20BrN3O. The fourth-order valence-corrected chi connectivity index (χ4v) is 3.14. The quantitative estimate of drug-likeness (QED) is 0.805. The number of benzene rings is 1. The number of nitrogens with zero attached hydrogens (tertiary/aromatic N) is 1. The molecule has 1 saturated carbocycles. The molecule has 1 aliphatic rings. The van der Waals surface area contributed by atoms with Crippen molar-refractivity contribution in [1.29, 1.82) is 0 Å². The third kappa shape index (κ3) is 4.32. The molecule has 0 saturated heterocycles. The summed E-state index contributed by atoms with van der Waals surface area (Å²) in [5, 5.41) is 6.37. The number of halogens is 1. The molecule has 1 aromatic heterocycles. The summed E-state index contributed by atoms with van der Waals surface area (Å²) in [6.07, 6.45) is 7.80. The Balaban J connectivity index is 1.73. The van der Waals surface area contributed by atoms with Crippen molar-refractivity contribution < 1.29 is 4.79 Å². The van der Waals surface area contributed by atoms with E-state index in [1.54, 1.807) is 12.3 Å². The topological polar surface area (TPSA) is 54.0 Å². The second kappa shape index (κ2) is 7.59. The van der Waals surface area contributed by atoms with Gasteiger partial charge in [-0.3, -0.25) is 4.79 Å². The van der Waals surface area contributed by atoms with Gasteiger partial charge in [0.2, 0.25) is 0 Å². The minimum atomic E-state index is -0.140. The third-order valence-corrected chi connectivity index (χ3v) is 4.63. The number of carbonyl (C=O) groups excluding carboxylic acids is 1. The van der Waals surface area contributed by atoms with Gasteiger partial charge in [0, 0.05) is 22.4 Å². The lowest BCUT2D eigenvalue weighted by Crippen LogP contribution is -2.25. The van der Waals surface area contributed by atoms with Crippen LogP contribution in [0.1, 0.15) is 42.5 Å². The van der Waals surface area contributed by atoms with E-state index in [0.29, 0.717) is 17.4 Å². The normalized spacial score (nSPS) is 15.2. The van der Waals surface area contributed by atoms with Crippen LogP contribution in [0, 0.1) is 0 Å². The van der Waals surface area contributed by atoms with E-state index in [1.165, 1.54) is 19.3 Å². The zero-order valence-corrected chi connectivity index (χ0v) is 14.5. The van der Waals surface area contributed by atoms with Crippen molar-refractivity contribution in [3.8, 4) is 0 Å². The fraction of sp³-hybridized carbons (Fsp3) is 0.333. The first-order valence-corrected chi connectivity index (χ1v) is 8.80. The van der Waals surface area contributed by atoms with Crippen LogP contribution in [0.3, 0.4) is 0 Å². The summed E-state index contributed by atoms with van der Waals surface area (Å²) in [6, 6.07) is 11.6. The van der Waals surface area contributed by atoms with Crippen molar-refractivity contribution in [3.63, 3.8) is 0 Å². The summed E-state index contributed by atoms with van der Waals surface area (Å²) >= 11 is 3.39. The lowest BCUT2D eigenvalue weighted by molar-refractivity contribution is 0.102. The van der Waals surface area contributed by atoms with Gasteiger partial charge < -0.3 is 10.6 Å². The highest BCUT2D eigenvalue weighted by Gasteiger charge is 2.18. The Labute approximate surface area is 144 Å². The molecule has 0 spiro atoms. The Hall–Kier alpha value is -1.88. The van der Waals surface area contributed by atoms with E-state index >= 15 is 0 Å². The Morgan fingerprint density at radius 2 is 1.83 bits per heavy atom. The van der Waals surface area contributed by atoms with E-state index in [2.05, 4.69) is 31.5 Å². The minimum absolute atomic E-state index is 0.140. The number of rotatable bonds is 4. The SMILES string of the molecule is O=C(Nc1ccc(Br)cc1)c1cccnc1NC1CCCCC1. The summed E-state index contributed by atoms with van der Waals surface area (Å²) in [5.74, 6) is 0.535. The zero-order valence-electron chi connectivity index (χ0n) is 12.9. The first-order valence-electron chi connectivity index (χ1n) is 8.01. The van der Waals surface area contributed by atoms with Gasteiger partial charge in [-0.05, 0) is 49.2 Å². The van der Waals surface area contributed by atoms with E-state index in [9.17, 15) is 4.79 Å². The molecule has 23 heavy (non-hydrogen) atoms. The molecule has 120 valence electrons. The molecule has 2 aromatic rings. The Kier molecular flexibility index (Phi) is 5.28. The van der Waals surface area contributed by atoms with Gasteiger partial charge in [-0.25, -0.2) is 4.98 Å². The molecule has 4 nitrogen and oxygen atoms in total. The first-order chi connectivity index (χ1) is 11.2. The number of pyridine rings is 1. The molecule has 0 unspecified atom stereocenters. The Morgan fingerprint density at radius 1 is 1.09 bits per heavy atom. The number of anilines is 2. The summed E-state index contributed by atoms with van der Waals surface area (Å²) < 4.78 is 0.983.